The van der Waals surface area contributed by atoms with Crippen LogP contribution in [0.2, 0.25) is 0 Å². The average Bonchev–Trinajstić information content (AvgIpc) is 3.24. The van der Waals surface area contributed by atoms with Crippen LogP contribution in [0.1, 0.15) is 59.4 Å². The van der Waals surface area contributed by atoms with Crippen LogP contribution in [-0.2, 0) is 9.53 Å². The minimum absolute atomic E-state index is 0.0833. The van der Waals surface area contributed by atoms with Crippen LogP contribution < -0.4 is 5.32 Å². The number of hydrogen-bond acceptors (Lipinski definition) is 3. The summed E-state index contributed by atoms with van der Waals surface area (Å²) in [6.07, 6.45) is 4.64. The Morgan fingerprint density at radius 3 is 2.46 bits per heavy atom. The number of likely N-dealkylation sites (tertiary alicyclic amines) is 1. The summed E-state index contributed by atoms with van der Waals surface area (Å²) >= 11 is 0. The first kappa shape index (κ1) is 19.0. The van der Waals surface area contributed by atoms with Crippen molar-refractivity contribution in [3.63, 3.8) is 0 Å². The number of aromatic nitrogens is 1. The fraction of sp³-hybridized carbons (Fsp3) is 0.700. The number of carbonyl (C=O) groups is 2. The Morgan fingerprint density at radius 1 is 1.15 bits per heavy atom. The molecule has 6 heteroatoms. The van der Waals surface area contributed by atoms with Gasteiger partial charge in [-0.2, -0.15) is 0 Å². The number of H-pyrrole nitrogens is 1. The first-order valence-corrected chi connectivity index (χ1v) is 9.79. The second-order valence-electron chi connectivity index (χ2n) is 7.75. The van der Waals surface area contributed by atoms with Gasteiger partial charge in [0, 0.05) is 38.4 Å². The molecule has 2 amide bonds. The van der Waals surface area contributed by atoms with Crippen molar-refractivity contribution in [3.8, 4) is 0 Å². The van der Waals surface area contributed by atoms with E-state index in [2.05, 4.69) is 10.3 Å². The second-order valence-corrected chi connectivity index (χ2v) is 7.75. The van der Waals surface area contributed by atoms with E-state index in [0.29, 0.717) is 24.6 Å². The van der Waals surface area contributed by atoms with Gasteiger partial charge in [-0.3, -0.25) is 9.59 Å². The Hall–Kier alpha value is -1.82. The van der Waals surface area contributed by atoms with Gasteiger partial charge in [-0.15, -0.1) is 0 Å². The highest BCUT2D eigenvalue weighted by molar-refractivity contribution is 5.94. The minimum Gasteiger partial charge on any atom is -0.376 e. The van der Waals surface area contributed by atoms with Crippen LogP contribution in [-0.4, -0.2) is 54.0 Å². The van der Waals surface area contributed by atoms with Crippen LogP contribution in [0.4, 0.5) is 0 Å². The third-order valence-corrected chi connectivity index (χ3v) is 5.95. The van der Waals surface area contributed by atoms with Crippen LogP contribution >= 0.6 is 0 Å². The van der Waals surface area contributed by atoms with Crippen LogP contribution in [0.5, 0.6) is 0 Å². The topological polar surface area (TPSA) is 74.4 Å². The quantitative estimate of drug-likeness (QED) is 0.846. The van der Waals surface area contributed by atoms with Crippen molar-refractivity contribution in [2.45, 2.75) is 59.0 Å². The number of rotatable bonds is 5. The largest absolute Gasteiger partial charge is 0.376 e. The molecule has 3 heterocycles. The van der Waals surface area contributed by atoms with Crippen molar-refractivity contribution in [1.29, 1.82) is 0 Å². The van der Waals surface area contributed by atoms with Crippen molar-refractivity contribution in [3.05, 3.63) is 22.5 Å². The molecule has 0 radical (unpaired) electrons. The Balaban J connectivity index is 1.44. The highest BCUT2D eigenvalue weighted by atomic mass is 16.5. The van der Waals surface area contributed by atoms with Crippen molar-refractivity contribution in [2.75, 3.05) is 26.2 Å². The average molecular weight is 361 g/mol. The van der Waals surface area contributed by atoms with Crippen molar-refractivity contribution in [1.82, 2.24) is 15.2 Å². The van der Waals surface area contributed by atoms with E-state index in [1.165, 1.54) is 0 Å². The van der Waals surface area contributed by atoms with Crippen molar-refractivity contribution >= 4 is 11.8 Å². The van der Waals surface area contributed by atoms with Gasteiger partial charge in [0.1, 0.15) is 5.69 Å². The molecule has 1 atom stereocenters. The van der Waals surface area contributed by atoms with Gasteiger partial charge in [0.25, 0.3) is 5.91 Å². The number of amides is 2. The Bertz CT molecular complexity index is 654. The maximum Gasteiger partial charge on any atom is 0.270 e. The number of hydrogen-bond donors (Lipinski definition) is 2. The smallest absolute Gasteiger partial charge is 0.270 e. The van der Waals surface area contributed by atoms with Gasteiger partial charge in [0.2, 0.25) is 5.91 Å². The zero-order valence-corrected chi connectivity index (χ0v) is 16.2. The van der Waals surface area contributed by atoms with E-state index in [-0.39, 0.29) is 17.9 Å². The molecule has 1 aromatic rings. The predicted octanol–water partition coefficient (Wildman–Crippen LogP) is 2.48. The van der Waals surface area contributed by atoms with Gasteiger partial charge >= 0.3 is 0 Å². The summed E-state index contributed by atoms with van der Waals surface area (Å²) in [6, 6.07) is 0. The Labute approximate surface area is 155 Å². The number of nitrogens with one attached hydrogen (secondary N) is 2. The molecule has 2 saturated heterocycles. The monoisotopic (exact) mass is 361 g/mol. The molecule has 0 aliphatic carbocycles. The SMILES string of the molecule is Cc1[nH]c(C(=O)N2CCC(CC(=O)NCC3CCCO3)CC2)c(C)c1C. The lowest BCUT2D eigenvalue weighted by atomic mass is 9.93. The van der Waals surface area contributed by atoms with E-state index in [1.54, 1.807) is 0 Å². The molecular formula is C20H31N3O3. The molecule has 144 valence electrons. The summed E-state index contributed by atoms with van der Waals surface area (Å²) in [5.41, 5.74) is 3.98. The lowest BCUT2D eigenvalue weighted by Crippen LogP contribution is -2.40. The first-order chi connectivity index (χ1) is 12.5. The van der Waals surface area contributed by atoms with E-state index in [9.17, 15) is 9.59 Å². The molecule has 2 aliphatic heterocycles. The van der Waals surface area contributed by atoms with Crippen molar-refractivity contribution in [2.24, 2.45) is 5.92 Å². The molecule has 6 nitrogen and oxygen atoms in total. The summed E-state index contributed by atoms with van der Waals surface area (Å²) in [6.45, 7) is 8.92. The highest BCUT2D eigenvalue weighted by Gasteiger charge is 2.27. The molecule has 1 unspecified atom stereocenters. The standard InChI is InChI=1S/C20H31N3O3/c1-13-14(2)19(22-15(13)3)20(25)23-8-6-16(7-9-23)11-18(24)21-12-17-5-4-10-26-17/h16-17,22H,4-12H2,1-3H3,(H,21,24). The molecule has 0 bridgehead atoms. The third-order valence-electron chi connectivity index (χ3n) is 5.95. The molecule has 3 rings (SSSR count). The number of piperidine rings is 1. The predicted molar refractivity (Wildman–Crippen MR) is 100 cm³/mol. The fourth-order valence-electron chi connectivity index (χ4n) is 3.92. The van der Waals surface area contributed by atoms with Gasteiger partial charge in [0.05, 0.1) is 6.10 Å². The summed E-state index contributed by atoms with van der Waals surface area (Å²) in [7, 11) is 0. The number of carbonyl (C=O) groups excluding carboxylic acids is 2. The van der Waals surface area contributed by atoms with Crippen LogP contribution in [0.25, 0.3) is 0 Å². The maximum atomic E-state index is 12.8. The second kappa shape index (κ2) is 8.25. The molecule has 0 saturated carbocycles. The molecule has 0 aromatic carbocycles. The van der Waals surface area contributed by atoms with E-state index in [1.807, 2.05) is 25.7 Å². The van der Waals surface area contributed by atoms with Gasteiger partial charge in [-0.1, -0.05) is 0 Å². The lowest BCUT2D eigenvalue weighted by Gasteiger charge is -2.31. The van der Waals surface area contributed by atoms with Gasteiger partial charge in [0.15, 0.2) is 0 Å². The normalized spacial score (nSPS) is 21.2. The maximum absolute atomic E-state index is 12.8. The van der Waals surface area contributed by atoms with Crippen LogP contribution in [0.3, 0.4) is 0 Å². The molecular weight excluding hydrogens is 330 g/mol. The fourth-order valence-corrected chi connectivity index (χ4v) is 3.92. The summed E-state index contributed by atoms with van der Waals surface area (Å²) in [4.78, 5) is 30.0. The number of aromatic amines is 1. The summed E-state index contributed by atoms with van der Waals surface area (Å²) < 4.78 is 5.53. The molecule has 2 N–H and O–H groups in total. The van der Waals surface area contributed by atoms with Gasteiger partial charge < -0.3 is 19.9 Å². The molecule has 26 heavy (non-hydrogen) atoms. The summed E-state index contributed by atoms with van der Waals surface area (Å²) in [5.74, 6) is 0.550. The Morgan fingerprint density at radius 2 is 1.88 bits per heavy atom. The number of nitrogens with zero attached hydrogens (tertiary/aromatic N) is 1. The van der Waals surface area contributed by atoms with Gasteiger partial charge in [-0.05, 0) is 63.5 Å². The number of aryl methyl sites for hydroxylation is 1. The summed E-state index contributed by atoms with van der Waals surface area (Å²) in [5, 5.41) is 3.00. The first-order valence-electron chi connectivity index (χ1n) is 9.79. The third kappa shape index (κ3) is 4.29. The van der Waals surface area contributed by atoms with Crippen LogP contribution in [0, 0.1) is 26.7 Å². The lowest BCUT2D eigenvalue weighted by molar-refractivity contribution is -0.122. The molecule has 1 aromatic heterocycles. The van der Waals surface area contributed by atoms with Gasteiger partial charge in [-0.25, -0.2) is 0 Å². The van der Waals surface area contributed by atoms with E-state index >= 15 is 0 Å². The minimum atomic E-state index is 0.0833. The van der Waals surface area contributed by atoms with Crippen LogP contribution in [0.15, 0.2) is 0 Å². The molecule has 2 fully saturated rings. The zero-order chi connectivity index (χ0) is 18.7. The van der Waals surface area contributed by atoms with E-state index in [0.717, 1.165) is 62.2 Å². The highest BCUT2D eigenvalue weighted by Crippen LogP contribution is 2.24. The molecule has 2 aliphatic rings. The van der Waals surface area contributed by atoms with E-state index < -0.39 is 0 Å². The van der Waals surface area contributed by atoms with Crippen molar-refractivity contribution < 1.29 is 14.3 Å². The van der Waals surface area contributed by atoms with E-state index in [4.69, 9.17) is 4.74 Å². The Kier molecular flexibility index (Phi) is 6.01. The molecule has 0 spiro atoms. The zero-order valence-electron chi connectivity index (χ0n) is 16.2. The number of ether oxygens (including phenoxy) is 1.